The molecule has 0 saturated heterocycles. The van der Waals surface area contributed by atoms with Crippen molar-refractivity contribution in [3.05, 3.63) is 29.3 Å². The van der Waals surface area contributed by atoms with E-state index in [1.807, 2.05) is 0 Å². The summed E-state index contributed by atoms with van der Waals surface area (Å²) >= 11 is 0. The Morgan fingerprint density at radius 2 is 2.15 bits per heavy atom. The standard InChI is InChI=1S/C13H16N2O4S/c1-10-5-6-11(4-3-7-14)8-12(10)15-20(17,18)9-13(16)19-2/h5-6,8,15H,7,9,14H2,1-2H3. The Morgan fingerprint density at radius 1 is 1.45 bits per heavy atom. The van der Waals surface area contributed by atoms with Crippen molar-refractivity contribution in [1.82, 2.24) is 0 Å². The largest absolute Gasteiger partial charge is 0.468 e. The van der Waals surface area contributed by atoms with Crippen LogP contribution in [0.3, 0.4) is 0 Å². The monoisotopic (exact) mass is 296 g/mol. The summed E-state index contributed by atoms with van der Waals surface area (Å²) in [7, 11) is -2.67. The first kappa shape index (κ1) is 16.0. The number of carbonyl (C=O) groups excluding carboxylic acids is 1. The Morgan fingerprint density at radius 3 is 2.75 bits per heavy atom. The lowest BCUT2D eigenvalue weighted by molar-refractivity contribution is -0.137. The van der Waals surface area contributed by atoms with E-state index in [9.17, 15) is 13.2 Å². The Bertz CT molecular complexity index is 657. The van der Waals surface area contributed by atoms with E-state index in [1.165, 1.54) is 0 Å². The van der Waals surface area contributed by atoms with Crippen molar-refractivity contribution < 1.29 is 17.9 Å². The molecule has 1 aromatic carbocycles. The summed E-state index contributed by atoms with van der Waals surface area (Å²) < 4.78 is 30.2. The van der Waals surface area contributed by atoms with Crippen LogP contribution in [0.1, 0.15) is 11.1 Å². The van der Waals surface area contributed by atoms with Gasteiger partial charge in [0.2, 0.25) is 10.0 Å². The number of hydrogen-bond acceptors (Lipinski definition) is 5. The summed E-state index contributed by atoms with van der Waals surface area (Å²) in [5.41, 5.74) is 7.01. The van der Waals surface area contributed by atoms with Crippen molar-refractivity contribution in [3.8, 4) is 11.8 Å². The molecule has 108 valence electrons. The van der Waals surface area contributed by atoms with E-state index in [-0.39, 0.29) is 6.54 Å². The SMILES string of the molecule is COC(=O)CS(=O)(=O)Nc1cc(C#CCN)ccc1C. The molecular formula is C13H16N2O4S. The molecule has 0 fully saturated rings. The lowest BCUT2D eigenvalue weighted by Gasteiger charge is -2.10. The summed E-state index contributed by atoms with van der Waals surface area (Å²) in [5.74, 6) is 3.93. The number of sulfonamides is 1. The first-order valence-electron chi connectivity index (χ1n) is 5.75. The van der Waals surface area contributed by atoms with Crippen molar-refractivity contribution in [2.24, 2.45) is 5.73 Å². The van der Waals surface area contributed by atoms with Gasteiger partial charge >= 0.3 is 5.97 Å². The van der Waals surface area contributed by atoms with E-state index < -0.39 is 21.7 Å². The van der Waals surface area contributed by atoms with Gasteiger partial charge in [-0.15, -0.1) is 0 Å². The fourth-order valence-electron chi connectivity index (χ4n) is 1.38. The van der Waals surface area contributed by atoms with Gasteiger partial charge in [-0.3, -0.25) is 9.52 Å². The molecule has 0 saturated carbocycles. The van der Waals surface area contributed by atoms with E-state index in [2.05, 4.69) is 21.3 Å². The normalized spacial score (nSPS) is 10.3. The molecule has 6 nitrogen and oxygen atoms in total. The van der Waals surface area contributed by atoms with Gasteiger partial charge in [-0.05, 0) is 24.6 Å². The summed E-state index contributed by atoms with van der Waals surface area (Å²) in [4.78, 5) is 11.0. The van der Waals surface area contributed by atoms with Crippen molar-refractivity contribution in [2.45, 2.75) is 6.92 Å². The maximum atomic E-state index is 11.8. The van der Waals surface area contributed by atoms with Crippen molar-refractivity contribution in [2.75, 3.05) is 24.1 Å². The second kappa shape index (κ2) is 6.93. The molecule has 0 aliphatic rings. The summed E-state index contributed by atoms with van der Waals surface area (Å²) in [6, 6.07) is 5.08. The molecule has 20 heavy (non-hydrogen) atoms. The van der Waals surface area contributed by atoms with Crippen LogP contribution in [-0.4, -0.2) is 33.8 Å². The van der Waals surface area contributed by atoms with Crippen LogP contribution in [0.15, 0.2) is 18.2 Å². The number of anilines is 1. The number of rotatable bonds is 4. The molecule has 0 spiro atoms. The van der Waals surface area contributed by atoms with Gasteiger partial charge in [0.15, 0.2) is 5.75 Å². The van der Waals surface area contributed by atoms with Crippen molar-refractivity contribution in [3.63, 3.8) is 0 Å². The van der Waals surface area contributed by atoms with Gasteiger partial charge in [-0.1, -0.05) is 17.9 Å². The molecule has 0 unspecified atom stereocenters. The zero-order chi connectivity index (χ0) is 15.2. The van der Waals surface area contributed by atoms with Crippen LogP contribution < -0.4 is 10.5 Å². The number of ether oxygens (including phenoxy) is 1. The minimum atomic E-state index is -3.80. The molecule has 1 aromatic rings. The smallest absolute Gasteiger partial charge is 0.322 e. The van der Waals surface area contributed by atoms with Crippen molar-refractivity contribution in [1.29, 1.82) is 0 Å². The van der Waals surface area contributed by atoms with Crippen LogP contribution in [0, 0.1) is 18.8 Å². The number of aryl methyl sites for hydroxylation is 1. The summed E-state index contributed by atoms with van der Waals surface area (Å²) in [6.07, 6.45) is 0. The molecule has 7 heteroatoms. The van der Waals surface area contributed by atoms with Gasteiger partial charge in [-0.2, -0.15) is 0 Å². The lowest BCUT2D eigenvalue weighted by atomic mass is 10.1. The van der Waals surface area contributed by atoms with Crippen LogP contribution in [0.5, 0.6) is 0 Å². The van der Waals surface area contributed by atoms with Crippen LogP contribution in [0.25, 0.3) is 0 Å². The predicted octanol–water partition coefficient (Wildman–Crippen LogP) is 0.220. The fourth-order valence-corrected chi connectivity index (χ4v) is 2.44. The average Bonchev–Trinajstić information content (AvgIpc) is 2.38. The zero-order valence-electron chi connectivity index (χ0n) is 11.3. The topological polar surface area (TPSA) is 98.5 Å². The third-order valence-electron chi connectivity index (χ3n) is 2.37. The number of methoxy groups -OCH3 is 1. The molecule has 1 rings (SSSR count). The molecule has 0 heterocycles. The van der Waals surface area contributed by atoms with Crippen LogP contribution in [0.4, 0.5) is 5.69 Å². The Balaban J connectivity index is 2.99. The van der Waals surface area contributed by atoms with Crippen LogP contribution >= 0.6 is 0 Å². The van der Waals surface area contributed by atoms with E-state index in [0.29, 0.717) is 11.3 Å². The highest BCUT2D eigenvalue weighted by atomic mass is 32.2. The number of benzene rings is 1. The van der Waals surface area contributed by atoms with E-state index in [1.54, 1.807) is 25.1 Å². The van der Waals surface area contributed by atoms with Crippen molar-refractivity contribution >= 4 is 21.7 Å². The number of carbonyl (C=O) groups is 1. The van der Waals surface area contributed by atoms with E-state index in [0.717, 1.165) is 12.7 Å². The first-order valence-corrected chi connectivity index (χ1v) is 7.40. The summed E-state index contributed by atoms with van der Waals surface area (Å²) in [5, 5.41) is 0. The molecule has 3 N–H and O–H groups in total. The fraction of sp³-hybridized carbons (Fsp3) is 0.308. The quantitative estimate of drug-likeness (QED) is 0.612. The third-order valence-corrected chi connectivity index (χ3v) is 3.52. The minimum absolute atomic E-state index is 0.220. The molecule has 0 radical (unpaired) electrons. The van der Waals surface area contributed by atoms with Gasteiger partial charge < -0.3 is 10.5 Å². The van der Waals surface area contributed by atoms with Gasteiger partial charge in [0, 0.05) is 5.56 Å². The molecule has 0 aliphatic carbocycles. The van der Waals surface area contributed by atoms with Crippen LogP contribution in [0.2, 0.25) is 0 Å². The Labute approximate surface area is 118 Å². The maximum Gasteiger partial charge on any atom is 0.322 e. The molecule has 0 bridgehead atoms. The van der Waals surface area contributed by atoms with Gasteiger partial charge in [-0.25, -0.2) is 8.42 Å². The zero-order valence-corrected chi connectivity index (χ0v) is 12.1. The molecule has 0 amide bonds. The van der Waals surface area contributed by atoms with Gasteiger partial charge in [0.05, 0.1) is 19.3 Å². The number of nitrogens with two attached hydrogens (primary N) is 1. The average molecular weight is 296 g/mol. The highest BCUT2D eigenvalue weighted by Crippen LogP contribution is 2.18. The number of hydrogen-bond donors (Lipinski definition) is 2. The second-order valence-electron chi connectivity index (χ2n) is 3.97. The van der Waals surface area contributed by atoms with Gasteiger partial charge in [0.1, 0.15) is 0 Å². The Kier molecular flexibility index (Phi) is 5.55. The predicted molar refractivity (Wildman–Crippen MR) is 76.5 cm³/mol. The summed E-state index contributed by atoms with van der Waals surface area (Å²) in [6.45, 7) is 1.97. The first-order chi connectivity index (χ1) is 9.38. The molecule has 0 atom stereocenters. The number of nitrogens with one attached hydrogen (secondary N) is 1. The van der Waals surface area contributed by atoms with E-state index >= 15 is 0 Å². The second-order valence-corrected chi connectivity index (χ2v) is 5.70. The molecular weight excluding hydrogens is 280 g/mol. The maximum absolute atomic E-state index is 11.8. The lowest BCUT2D eigenvalue weighted by Crippen LogP contribution is -2.24. The molecule has 0 aliphatic heterocycles. The Hall–Kier alpha value is -2.04. The van der Waals surface area contributed by atoms with Crippen LogP contribution in [-0.2, 0) is 19.6 Å². The molecule has 0 aromatic heterocycles. The highest BCUT2D eigenvalue weighted by Gasteiger charge is 2.17. The number of esters is 1. The van der Waals surface area contributed by atoms with E-state index in [4.69, 9.17) is 5.73 Å². The van der Waals surface area contributed by atoms with Gasteiger partial charge in [0.25, 0.3) is 0 Å². The third kappa shape index (κ3) is 4.91. The highest BCUT2D eigenvalue weighted by molar-refractivity contribution is 7.93. The minimum Gasteiger partial charge on any atom is -0.468 e.